The molecule has 3 aliphatic carbocycles. The highest BCUT2D eigenvalue weighted by Gasteiger charge is 2.31. The molecule has 0 heterocycles. The van der Waals surface area contributed by atoms with E-state index in [0.29, 0.717) is 37.6 Å². The summed E-state index contributed by atoms with van der Waals surface area (Å²) in [6.07, 6.45) is 26.2. The molecule has 3 aliphatic rings. The van der Waals surface area contributed by atoms with Gasteiger partial charge in [0.05, 0.1) is 24.9 Å². The number of ether oxygens (including phenoxy) is 4. The van der Waals surface area contributed by atoms with E-state index in [4.69, 9.17) is 18.9 Å². The molecule has 0 aromatic rings. The van der Waals surface area contributed by atoms with Crippen LogP contribution in [0.4, 0.5) is 0 Å². The minimum absolute atomic E-state index is 0.320. The largest absolute Gasteiger partial charge is 0.463 e. The van der Waals surface area contributed by atoms with E-state index in [9.17, 15) is 4.79 Å². The van der Waals surface area contributed by atoms with E-state index in [1.807, 2.05) is 0 Å². The first kappa shape index (κ1) is 30.6. The maximum Gasteiger partial charge on any atom is 0.330 e. The normalized spacial score (nSPS) is 30.6. The van der Waals surface area contributed by atoms with E-state index in [2.05, 4.69) is 13.5 Å². The van der Waals surface area contributed by atoms with Crippen LogP contribution in [0.25, 0.3) is 0 Å². The number of unbranched alkanes of at least 4 members (excludes halogenated alkanes) is 5. The Balaban J connectivity index is 1.16. The van der Waals surface area contributed by atoms with Gasteiger partial charge in [-0.3, -0.25) is 0 Å². The number of hydrogen-bond donors (Lipinski definition) is 0. The van der Waals surface area contributed by atoms with Crippen LogP contribution in [-0.4, -0.2) is 44.3 Å². The second kappa shape index (κ2) is 18.4. The van der Waals surface area contributed by atoms with Crippen LogP contribution >= 0.6 is 0 Å². The molecule has 0 bridgehead atoms. The SMILES string of the molecule is C=CC(=O)OCCC1CCC(OCOC2CCC(C3CCC(OCCCCCCCC)CC3)CC2)CC1. The van der Waals surface area contributed by atoms with Crippen molar-refractivity contribution in [2.45, 2.75) is 147 Å². The molecule has 0 unspecified atom stereocenters. The Morgan fingerprint density at radius 3 is 1.76 bits per heavy atom. The summed E-state index contributed by atoms with van der Waals surface area (Å²) in [5, 5.41) is 0. The third kappa shape index (κ3) is 12.2. The van der Waals surface area contributed by atoms with Gasteiger partial charge >= 0.3 is 5.97 Å². The Hall–Kier alpha value is -0.910. The van der Waals surface area contributed by atoms with Crippen LogP contribution in [0.3, 0.4) is 0 Å². The van der Waals surface area contributed by atoms with Gasteiger partial charge in [0.1, 0.15) is 6.79 Å². The lowest BCUT2D eigenvalue weighted by Crippen LogP contribution is -2.31. The fourth-order valence-electron chi connectivity index (χ4n) is 6.79. The molecular formula is C32H56O5. The molecule has 3 rings (SSSR count). The standard InChI is InChI=1S/C32H56O5/c1-3-5-6-7-8-9-23-34-29-18-12-27(13-19-29)28-14-20-31(21-15-28)37-25-36-30-16-10-26(11-17-30)22-24-35-32(33)4-2/h4,26-31H,2-3,5-25H2,1H3. The van der Waals surface area contributed by atoms with Gasteiger partial charge in [-0.05, 0) is 108 Å². The second-order valence-corrected chi connectivity index (χ2v) is 12.0. The molecule has 0 radical (unpaired) electrons. The zero-order valence-electron chi connectivity index (χ0n) is 23.8. The summed E-state index contributed by atoms with van der Waals surface area (Å²) < 4.78 is 23.6. The van der Waals surface area contributed by atoms with Crippen LogP contribution in [0, 0.1) is 17.8 Å². The summed E-state index contributed by atoms with van der Waals surface area (Å²) in [6.45, 7) is 7.64. The molecule has 37 heavy (non-hydrogen) atoms. The maximum atomic E-state index is 11.2. The van der Waals surface area contributed by atoms with Gasteiger partial charge in [0, 0.05) is 12.7 Å². The highest BCUT2D eigenvalue weighted by atomic mass is 16.7. The van der Waals surface area contributed by atoms with Crippen molar-refractivity contribution in [3.05, 3.63) is 12.7 Å². The van der Waals surface area contributed by atoms with Crippen molar-refractivity contribution < 1.29 is 23.7 Å². The van der Waals surface area contributed by atoms with Gasteiger partial charge in [0.25, 0.3) is 0 Å². The predicted molar refractivity (Wildman–Crippen MR) is 149 cm³/mol. The van der Waals surface area contributed by atoms with Crippen molar-refractivity contribution in [3.63, 3.8) is 0 Å². The lowest BCUT2D eigenvalue weighted by Gasteiger charge is -2.37. The van der Waals surface area contributed by atoms with Crippen molar-refractivity contribution in [1.29, 1.82) is 0 Å². The first-order valence-electron chi connectivity index (χ1n) is 15.8. The van der Waals surface area contributed by atoms with Gasteiger partial charge in [-0.2, -0.15) is 0 Å². The molecule has 0 aromatic carbocycles. The van der Waals surface area contributed by atoms with Crippen molar-refractivity contribution in [2.24, 2.45) is 17.8 Å². The van der Waals surface area contributed by atoms with E-state index < -0.39 is 0 Å². The van der Waals surface area contributed by atoms with E-state index in [1.54, 1.807) is 0 Å². The summed E-state index contributed by atoms with van der Waals surface area (Å²) in [6, 6.07) is 0. The smallest absolute Gasteiger partial charge is 0.330 e. The Labute approximate surface area is 227 Å². The molecule has 3 saturated carbocycles. The number of rotatable bonds is 17. The van der Waals surface area contributed by atoms with Crippen molar-refractivity contribution in [1.82, 2.24) is 0 Å². The summed E-state index contributed by atoms with van der Waals surface area (Å²) in [4.78, 5) is 11.2. The third-order valence-corrected chi connectivity index (χ3v) is 9.29. The van der Waals surface area contributed by atoms with Crippen LogP contribution in [0.5, 0.6) is 0 Å². The van der Waals surface area contributed by atoms with Gasteiger partial charge < -0.3 is 18.9 Å². The van der Waals surface area contributed by atoms with Crippen molar-refractivity contribution in [3.8, 4) is 0 Å². The van der Waals surface area contributed by atoms with Gasteiger partial charge in [0.15, 0.2) is 0 Å². The van der Waals surface area contributed by atoms with Crippen molar-refractivity contribution >= 4 is 5.97 Å². The molecule has 0 N–H and O–H groups in total. The second-order valence-electron chi connectivity index (χ2n) is 12.0. The highest BCUT2D eigenvalue weighted by Crippen LogP contribution is 2.39. The maximum absolute atomic E-state index is 11.2. The third-order valence-electron chi connectivity index (χ3n) is 9.29. The first-order chi connectivity index (χ1) is 18.2. The zero-order valence-corrected chi connectivity index (χ0v) is 23.8. The Morgan fingerprint density at radius 1 is 0.676 bits per heavy atom. The van der Waals surface area contributed by atoms with Crippen LogP contribution < -0.4 is 0 Å². The molecule has 3 fully saturated rings. The lowest BCUT2D eigenvalue weighted by molar-refractivity contribution is -0.140. The molecule has 0 aliphatic heterocycles. The Morgan fingerprint density at radius 2 is 1.19 bits per heavy atom. The van der Waals surface area contributed by atoms with Gasteiger partial charge in [-0.25, -0.2) is 4.79 Å². The molecule has 0 spiro atoms. The van der Waals surface area contributed by atoms with E-state index >= 15 is 0 Å². The molecule has 0 amide bonds. The average Bonchev–Trinajstić information content (AvgIpc) is 2.94. The van der Waals surface area contributed by atoms with E-state index in [-0.39, 0.29) is 5.97 Å². The summed E-state index contributed by atoms with van der Waals surface area (Å²) in [7, 11) is 0. The monoisotopic (exact) mass is 520 g/mol. The van der Waals surface area contributed by atoms with Gasteiger partial charge in [-0.1, -0.05) is 45.6 Å². The quantitative estimate of drug-likeness (QED) is 0.0838. The molecule has 214 valence electrons. The summed E-state index contributed by atoms with van der Waals surface area (Å²) >= 11 is 0. The molecule has 0 saturated heterocycles. The molecule has 0 aromatic heterocycles. The first-order valence-corrected chi connectivity index (χ1v) is 15.8. The topological polar surface area (TPSA) is 54.0 Å². The molecular weight excluding hydrogens is 464 g/mol. The van der Waals surface area contributed by atoms with Crippen LogP contribution in [0.15, 0.2) is 12.7 Å². The average molecular weight is 521 g/mol. The molecule has 5 nitrogen and oxygen atoms in total. The number of carbonyl (C=O) groups excluding carboxylic acids is 1. The number of hydrogen-bond acceptors (Lipinski definition) is 5. The van der Waals surface area contributed by atoms with Crippen LogP contribution in [0.2, 0.25) is 0 Å². The fourth-order valence-corrected chi connectivity index (χ4v) is 6.79. The van der Waals surface area contributed by atoms with Gasteiger partial charge in [-0.15, -0.1) is 0 Å². The Bertz CT molecular complexity index is 598. The fraction of sp³-hybridized carbons (Fsp3) is 0.906. The van der Waals surface area contributed by atoms with Crippen LogP contribution in [-0.2, 0) is 23.7 Å². The van der Waals surface area contributed by atoms with Crippen LogP contribution in [0.1, 0.15) is 129 Å². The van der Waals surface area contributed by atoms with Crippen molar-refractivity contribution in [2.75, 3.05) is 20.0 Å². The highest BCUT2D eigenvalue weighted by molar-refractivity contribution is 5.81. The minimum atomic E-state index is -0.320. The molecule has 0 atom stereocenters. The number of esters is 1. The van der Waals surface area contributed by atoms with E-state index in [0.717, 1.165) is 50.5 Å². The lowest BCUT2D eigenvalue weighted by atomic mass is 9.72. The number of carbonyl (C=O) groups is 1. The Kier molecular flexibility index (Phi) is 15.2. The molecule has 5 heteroatoms. The zero-order chi connectivity index (χ0) is 26.1. The summed E-state index contributed by atoms with van der Waals surface area (Å²) in [5.74, 6) is 2.11. The minimum Gasteiger partial charge on any atom is -0.463 e. The summed E-state index contributed by atoms with van der Waals surface area (Å²) in [5.41, 5.74) is 0. The van der Waals surface area contributed by atoms with Gasteiger partial charge in [0.2, 0.25) is 0 Å². The van der Waals surface area contributed by atoms with E-state index in [1.165, 1.54) is 96.0 Å². The predicted octanol–water partition coefficient (Wildman–Crippen LogP) is 8.15.